The van der Waals surface area contributed by atoms with Crippen molar-refractivity contribution in [1.82, 2.24) is 5.43 Å². The predicted octanol–water partition coefficient (Wildman–Crippen LogP) is 4.61. The Morgan fingerprint density at radius 3 is 2.50 bits per heavy atom. The van der Waals surface area contributed by atoms with Crippen molar-refractivity contribution >= 4 is 28.1 Å². The van der Waals surface area contributed by atoms with Crippen LogP contribution in [-0.4, -0.2) is 23.8 Å². The summed E-state index contributed by atoms with van der Waals surface area (Å²) in [5.41, 5.74) is 4.93. The molecule has 0 bridgehead atoms. The molecule has 6 heteroatoms. The van der Waals surface area contributed by atoms with Crippen molar-refractivity contribution in [2.45, 2.75) is 33.1 Å². The van der Waals surface area contributed by atoms with Gasteiger partial charge in [-0.1, -0.05) is 32.9 Å². The molecule has 0 unspecified atom stereocenters. The van der Waals surface area contributed by atoms with E-state index in [2.05, 4.69) is 47.2 Å². The summed E-state index contributed by atoms with van der Waals surface area (Å²) >= 11 is 3.27. The Bertz CT molecular complexity index is 809. The number of nitrogens with zero attached hydrogens (tertiary/aromatic N) is 1. The smallest absolute Gasteiger partial charge is 0.271 e. The zero-order valence-electron chi connectivity index (χ0n) is 15.3. The summed E-state index contributed by atoms with van der Waals surface area (Å²) in [4.78, 5) is 12.2. The number of ether oxygens (including phenoxy) is 1. The maximum Gasteiger partial charge on any atom is 0.271 e. The molecular formula is C20H23BrN2O3. The number of carbonyl (C=O) groups excluding carboxylic acids is 1. The molecule has 0 atom stereocenters. The molecular weight excluding hydrogens is 396 g/mol. The van der Waals surface area contributed by atoms with Gasteiger partial charge in [0.1, 0.15) is 0 Å². The average Bonchev–Trinajstić information content (AvgIpc) is 2.58. The second kappa shape index (κ2) is 8.36. The van der Waals surface area contributed by atoms with E-state index in [9.17, 15) is 9.90 Å². The Labute approximate surface area is 162 Å². The maximum atomic E-state index is 12.2. The number of rotatable bonds is 5. The maximum absolute atomic E-state index is 12.2. The van der Waals surface area contributed by atoms with E-state index in [0.717, 1.165) is 5.56 Å². The molecule has 0 heterocycles. The van der Waals surface area contributed by atoms with E-state index in [4.69, 9.17) is 4.74 Å². The number of halogens is 1. The van der Waals surface area contributed by atoms with Gasteiger partial charge in [-0.25, -0.2) is 5.43 Å². The Morgan fingerprint density at radius 2 is 1.92 bits per heavy atom. The Balaban J connectivity index is 2.07. The van der Waals surface area contributed by atoms with Crippen LogP contribution in [-0.2, 0) is 5.41 Å². The Morgan fingerprint density at radius 1 is 1.27 bits per heavy atom. The summed E-state index contributed by atoms with van der Waals surface area (Å²) < 4.78 is 5.86. The number of benzene rings is 2. The van der Waals surface area contributed by atoms with Crippen molar-refractivity contribution in [1.29, 1.82) is 0 Å². The number of phenols is 1. The van der Waals surface area contributed by atoms with Crippen molar-refractivity contribution in [3.05, 3.63) is 57.6 Å². The molecule has 0 saturated carbocycles. The van der Waals surface area contributed by atoms with Crippen LogP contribution in [0.5, 0.6) is 11.5 Å². The lowest BCUT2D eigenvalue weighted by molar-refractivity contribution is 0.0955. The molecule has 0 aromatic heterocycles. The average molecular weight is 419 g/mol. The van der Waals surface area contributed by atoms with E-state index in [-0.39, 0.29) is 17.1 Å². The lowest BCUT2D eigenvalue weighted by Crippen LogP contribution is -2.18. The molecule has 2 aromatic carbocycles. The topological polar surface area (TPSA) is 70.9 Å². The van der Waals surface area contributed by atoms with Crippen LogP contribution in [0.4, 0.5) is 0 Å². The van der Waals surface area contributed by atoms with Gasteiger partial charge in [0.2, 0.25) is 0 Å². The Hall–Kier alpha value is -2.34. The van der Waals surface area contributed by atoms with Crippen LogP contribution in [0.3, 0.4) is 0 Å². The number of amides is 1. The SMILES string of the molecule is CCOc1cc(/C=N/NC(=O)c2ccc(C(C)(C)C)cc2)cc(Br)c1O. The van der Waals surface area contributed by atoms with Crippen molar-refractivity contribution in [3.8, 4) is 11.5 Å². The van der Waals surface area contributed by atoms with E-state index in [1.54, 1.807) is 24.3 Å². The summed E-state index contributed by atoms with van der Waals surface area (Å²) in [5, 5.41) is 13.9. The third kappa shape index (κ3) is 5.08. The molecule has 138 valence electrons. The van der Waals surface area contributed by atoms with Gasteiger partial charge in [-0.3, -0.25) is 4.79 Å². The van der Waals surface area contributed by atoms with E-state index in [0.29, 0.717) is 28.0 Å². The quantitative estimate of drug-likeness (QED) is 0.549. The van der Waals surface area contributed by atoms with Crippen LogP contribution in [0.2, 0.25) is 0 Å². The van der Waals surface area contributed by atoms with Gasteiger partial charge in [-0.2, -0.15) is 5.10 Å². The minimum Gasteiger partial charge on any atom is -0.503 e. The van der Waals surface area contributed by atoms with Crippen LogP contribution in [0.15, 0.2) is 46.0 Å². The third-order valence-electron chi connectivity index (χ3n) is 3.74. The van der Waals surface area contributed by atoms with Crippen LogP contribution < -0.4 is 10.2 Å². The van der Waals surface area contributed by atoms with Crippen LogP contribution in [0.1, 0.15) is 49.2 Å². The van der Waals surface area contributed by atoms with Gasteiger partial charge in [-0.05, 0) is 63.7 Å². The monoisotopic (exact) mass is 418 g/mol. The number of carbonyl (C=O) groups is 1. The standard InChI is InChI=1S/C20H23BrN2O3/c1-5-26-17-11-13(10-16(21)18(17)24)12-22-23-19(25)14-6-8-15(9-7-14)20(2,3)4/h6-12,24H,5H2,1-4H3,(H,23,25)/b22-12+. The van der Waals surface area contributed by atoms with Gasteiger partial charge >= 0.3 is 0 Å². The summed E-state index contributed by atoms with van der Waals surface area (Å²) in [6, 6.07) is 10.8. The zero-order valence-corrected chi connectivity index (χ0v) is 16.9. The summed E-state index contributed by atoms with van der Waals surface area (Å²) in [7, 11) is 0. The van der Waals surface area contributed by atoms with Crippen LogP contribution >= 0.6 is 15.9 Å². The summed E-state index contributed by atoms with van der Waals surface area (Å²) in [6.45, 7) is 8.64. The highest BCUT2D eigenvalue weighted by atomic mass is 79.9. The molecule has 2 aromatic rings. The first-order valence-electron chi connectivity index (χ1n) is 8.31. The summed E-state index contributed by atoms with van der Waals surface area (Å²) in [5.74, 6) is 0.101. The predicted molar refractivity (Wildman–Crippen MR) is 107 cm³/mol. The van der Waals surface area contributed by atoms with Gasteiger partial charge in [0, 0.05) is 5.56 Å². The largest absolute Gasteiger partial charge is 0.503 e. The fourth-order valence-corrected chi connectivity index (χ4v) is 2.75. The van der Waals surface area contributed by atoms with Crippen LogP contribution in [0, 0.1) is 0 Å². The van der Waals surface area contributed by atoms with Gasteiger partial charge in [0.25, 0.3) is 5.91 Å². The minimum atomic E-state index is -0.287. The van der Waals surface area contributed by atoms with Gasteiger partial charge < -0.3 is 9.84 Å². The molecule has 0 aliphatic heterocycles. The van der Waals surface area contributed by atoms with Crippen molar-refractivity contribution in [3.63, 3.8) is 0 Å². The molecule has 5 nitrogen and oxygen atoms in total. The second-order valence-corrected chi connectivity index (χ2v) is 7.66. The number of phenolic OH excluding ortho intramolecular Hbond substituents is 1. The summed E-state index contributed by atoms with van der Waals surface area (Å²) in [6.07, 6.45) is 1.49. The zero-order chi connectivity index (χ0) is 19.3. The molecule has 0 saturated heterocycles. The molecule has 0 spiro atoms. The minimum absolute atomic E-state index is 0.0342. The lowest BCUT2D eigenvalue weighted by Gasteiger charge is -2.18. The number of aromatic hydroxyl groups is 1. The normalized spacial score (nSPS) is 11.6. The fourth-order valence-electron chi connectivity index (χ4n) is 2.29. The molecule has 2 N–H and O–H groups in total. The van der Waals surface area contributed by atoms with Crippen molar-refractivity contribution in [2.24, 2.45) is 5.10 Å². The molecule has 26 heavy (non-hydrogen) atoms. The second-order valence-electron chi connectivity index (χ2n) is 6.81. The number of nitrogens with one attached hydrogen (secondary N) is 1. The van der Waals surface area contributed by atoms with E-state index in [1.807, 2.05) is 19.1 Å². The fraction of sp³-hybridized carbons (Fsp3) is 0.300. The molecule has 0 radical (unpaired) electrons. The van der Waals surface area contributed by atoms with Crippen molar-refractivity contribution in [2.75, 3.05) is 6.61 Å². The molecule has 1 amide bonds. The lowest BCUT2D eigenvalue weighted by atomic mass is 9.87. The number of hydrogen-bond donors (Lipinski definition) is 2. The number of hydrazone groups is 1. The Kier molecular flexibility index (Phi) is 6.42. The van der Waals surface area contributed by atoms with Crippen molar-refractivity contribution < 1.29 is 14.6 Å². The van der Waals surface area contributed by atoms with E-state index < -0.39 is 0 Å². The molecule has 2 rings (SSSR count). The first kappa shape index (κ1) is 20.0. The highest BCUT2D eigenvalue weighted by Gasteiger charge is 2.14. The highest BCUT2D eigenvalue weighted by Crippen LogP contribution is 2.35. The first-order valence-corrected chi connectivity index (χ1v) is 9.11. The first-order chi connectivity index (χ1) is 12.2. The van der Waals surface area contributed by atoms with E-state index in [1.165, 1.54) is 6.21 Å². The third-order valence-corrected chi connectivity index (χ3v) is 4.35. The van der Waals surface area contributed by atoms with Gasteiger partial charge in [0.05, 0.1) is 17.3 Å². The number of hydrogen-bond acceptors (Lipinski definition) is 4. The highest BCUT2D eigenvalue weighted by molar-refractivity contribution is 9.10. The van der Waals surface area contributed by atoms with Gasteiger partial charge in [-0.15, -0.1) is 0 Å². The molecule has 0 aliphatic carbocycles. The molecule has 0 fully saturated rings. The van der Waals surface area contributed by atoms with Gasteiger partial charge in [0.15, 0.2) is 11.5 Å². The molecule has 0 aliphatic rings. The van der Waals surface area contributed by atoms with E-state index >= 15 is 0 Å². The van der Waals surface area contributed by atoms with Crippen LogP contribution in [0.25, 0.3) is 0 Å².